The smallest absolute Gasteiger partial charge is 0.238 e. The lowest BCUT2D eigenvalue weighted by molar-refractivity contribution is -0.117. The number of hydrogen-bond acceptors (Lipinski definition) is 3. The fourth-order valence-corrected chi connectivity index (χ4v) is 2.39. The highest BCUT2D eigenvalue weighted by atomic mass is 16.2. The van der Waals surface area contributed by atoms with Crippen LogP contribution in [0.15, 0.2) is 18.2 Å². The highest BCUT2D eigenvalue weighted by Gasteiger charge is 2.18. The van der Waals surface area contributed by atoms with Crippen molar-refractivity contribution in [3.63, 3.8) is 0 Å². The third kappa shape index (κ3) is 3.96. The van der Waals surface area contributed by atoms with Crippen molar-refractivity contribution in [1.82, 2.24) is 4.90 Å². The minimum absolute atomic E-state index is 0.0447. The van der Waals surface area contributed by atoms with Gasteiger partial charge in [-0.2, -0.15) is 0 Å². The summed E-state index contributed by atoms with van der Waals surface area (Å²) in [5.74, 6) is 0.832. The molecule has 2 rings (SSSR count). The molecular weight excluding hydrogens is 238 g/mol. The van der Waals surface area contributed by atoms with Crippen molar-refractivity contribution in [3.05, 3.63) is 23.8 Å². The fraction of sp³-hybridized carbons (Fsp3) is 0.533. The number of carbonyl (C=O) groups is 1. The van der Waals surface area contributed by atoms with E-state index in [4.69, 9.17) is 5.73 Å². The molecule has 1 aliphatic heterocycles. The molecule has 0 aromatic heterocycles. The number of likely N-dealkylation sites (tertiary alicyclic amines) is 1. The Labute approximate surface area is 115 Å². The standard InChI is InChI=1S/C15H23N3O/c1-11-5-7-18(8-6-11)10-15(19)17-14-9-13(16)4-3-12(14)2/h3-4,9,11H,5-8,10,16H2,1-2H3,(H,17,19). The number of nitrogens with two attached hydrogens (primary N) is 1. The van der Waals surface area contributed by atoms with E-state index in [-0.39, 0.29) is 5.91 Å². The van der Waals surface area contributed by atoms with Crippen molar-refractivity contribution in [3.8, 4) is 0 Å². The van der Waals surface area contributed by atoms with E-state index in [1.54, 1.807) is 0 Å². The largest absolute Gasteiger partial charge is 0.399 e. The summed E-state index contributed by atoms with van der Waals surface area (Å²) in [5, 5.41) is 2.95. The van der Waals surface area contributed by atoms with Gasteiger partial charge in [0, 0.05) is 11.4 Å². The predicted molar refractivity (Wildman–Crippen MR) is 79.1 cm³/mol. The van der Waals surface area contributed by atoms with Crippen LogP contribution in [0.1, 0.15) is 25.3 Å². The molecular formula is C15H23N3O. The van der Waals surface area contributed by atoms with Gasteiger partial charge in [-0.05, 0) is 56.5 Å². The number of aryl methyl sites for hydroxylation is 1. The van der Waals surface area contributed by atoms with E-state index in [2.05, 4.69) is 17.1 Å². The summed E-state index contributed by atoms with van der Waals surface area (Å²) < 4.78 is 0. The summed E-state index contributed by atoms with van der Waals surface area (Å²) in [6, 6.07) is 5.58. The molecule has 1 fully saturated rings. The summed E-state index contributed by atoms with van der Waals surface area (Å²) in [7, 11) is 0. The lowest BCUT2D eigenvalue weighted by atomic mass is 9.99. The maximum absolute atomic E-state index is 12.0. The minimum Gasteiger partial charge on any atom is -0.399 e. The van der Waals surface area contributed by atoms with Crippen LogP contribution in [0.25, 0.3) is 0 Å². The van der Waals surface area contributed by atoms with Gasteiger partial charge >= 0.3 is 0 Å². The van der Waals surface area contributed by atoms with Crippen LogP contribution in [0.2, 0.25) is 0 Å². The van der Waals surface area contributed by atoms with Gasteiger partial charge in [-0.15, -0.1) is 0 Å². The van der Waals surface area contributed by atoms with E-state index in [1.807, 2.05) is 25.1 Å². The van der Waals surface area contributed by atoms with Gasteiger partial charge in [-0.25, -0.2) is 0 Å². The van der Waals surface area contributed by atoms with Crippen molar-refractivity contribution < 1.29 is 4.79 Å². The van der Waals surface area contributed by atoms with Gasteiger partial charge in [-0.3, -0.25) is 9.69 Å². The zero-order chi connectivity index (χ0) is 13.8. The van der Waals surface area contributed by atoms with Gasteiger partial charge in [-0.1, -0.05) is 13.0 Å². The van der Waals surface area contributed by atoms with Crippen LogP contribution in [0.3, 0.4) is 0 Å². The number of benzene rings is 1. The maximum atomic E-state index is 12.0. The van der Waals surface area contributed by atoms with E-state index < -0.39 is 0 Å². The van der Waals surface area contributed by atoms with Gasteiger partial charge < -0.3 is 11.1 Å². The van der Waals surface area contributed by atoms with Crippen LogP contribution >= 0.6 is 0 Å². The lowest BCUT2D eigenvalue weighted by Gasteiger charge is -2.29. The maximum Gasteiger partial charge on any atom is 0.238 e. The number of amides is 1. The van der Waals surface area contributed by atoms with Gasteiger partial charge in [0.05, 0.1) is 6.54 Å². The Bertz CT molecular complexity index is 451. The number of nitrogen functional groups attached to an aromatic ring is 1. The molecule has 19 heavy (non-hydrogen) atoms. The first-order valence-corrected chi connectivity index (χ1v) is 6.93. The molecule has 3 N–H and O–H groups in total. The number of carbonyl (C=O) groups excluding carboxylic acids is 1. The highest BCUT2D eigenvalue weighted by Crippen LogP contribution is 2.19. The monoisotopic (exact) mass is 261 g/mol. The van der Waals surface area contributed by atoms with Gasteiger partial charge in [0.25, 0.3) is 0 Å². The first-order chi connectivity index (χ1) is 9.04. The van der Waals surface area contributed by atoms with Crippen molar-refractivity contribution in [2.75, 3.05) is 30.7 Å². The third-order valence-corrected chi connectivity index (χ3v) is 3.78. The second kappa shape index (κ2) is 6.06. The van der Waals surface area contributed by atoms with Crippen LogP contribution in [0.4, 0.5) is 11.4 Å². The Hall–Kier alpha value is -1.55. The summed E-state index contributed by atoms with van der Waals surface area (Å²) in [6.07, 6.45) is 2.37. The summed E-state index contributed by atoms with van der Waals surface area (Å²) >= 11 is 0. The third-order valence-electron chi connectivity index (χ3n) is 3.78. The highest BCUT2D eigenvalue weighted by molar-refractivity contribution is 5.93. The predicted octanol–water partition coefficient (Wildman–Crippen LogP) is 2.25. The SMILES string of the molecule is Cc1ccc(N)cc1NC(=O)CN1CCC(C)CC1. The van der Waals surface area contributed by atoms with Crippen LogP contribution < -0.4 is 11.1 Å². The Balaban J connectivity index is 1.89. The molecule has 1 saturated heterocycles. The van der Waals surface area contributed by atoms with E-state index in [1.165, 1.54) is 12.8 Å². The molecule has 0 unspecified atom stereocenters. The van der Waals surface area contributed by atoms with Gasteiger partial charge in [0.1, 0.15) is 0 Å². The van der Waals surface area contributed by atoms with Gasteiger partial charge in [0.15, 0.2) is 0 Å². The molecule has 1 aromatic carbocycles. The van der Waals surface area contributed by atoms with Crippen LogP contribution in [-0.4, -0.2) is 30.4 Å². The fourth-order valence-electron chi connectivity index (χ4n) is 2.39. The zero-order valence-corrected chi connectivity index (χ0v) is 11.8. The zero-order valence-electron chi connectivity index (χ0n) is 11.8. The molecule has 104 valence electrons. The molecule has 0 atom stereocenters. The molecule has 0 spiro atoms. The quantitative estimate of drug-likeness (QED) is 0.820. The molecule has 1 amide bonds. The molecule has 1 aromatic rings. The second-order valence-corrected chi connectivity index (χ2v) is 5.58. The Morgan fingerprint density at radius 3 is 2.79 bits per heavy atom. The normalized spacial score (nSPS) is 17.4. The summed E-state index contributed by atoms with van der Waals surface area (Å²) in [4.78, 5) is 14.3. The number of anilines is 2. The Morgan fingerprint density at radius 1 is 1.42 bits per heavy atom. The van der Waals surface area contributed by atoms with Crippen LogP contribution in [-0.2, 0) is 4.79 Å². The van der Waals surface area contributed by atoms with E-state index in [0.29, 0.717) is 12.2 Å². The minimum atomic E-state index is 0.0447. The number of hydrogen-bond donors (Lipinski definition) is 2. The van der Waals surface area contributed by atoms with E-state index >= 15 is 0 Å². The van der Waals surface area contributed by atoms with Crippen LogP contribution in [0.5, 0.6) is 0 Å². The average molecular weight is 261 g/mol. The summed E-state index contributed by atoms with van der Waals surface area (Å²) in [6.45, 7) is 6.75. The summed E-state index contributed by atoms with van der Waals surface area (Å²) in [5.41, 5.74) is 8.27. The molecule has 0 bridgehead atoms. The molecule has 0 saturated carbocycles. The Kier molecular flexibility index (Phi) is 4.43. The van der Waals surface area contributed by atoms with E-state index in [9.17, 15) is 4.79 Å². The molecule has 0 radical (unpaired) electrons. The Morgan fingerprint density at radius 2 is 2.11 bits per heavy atom. The number of piperidine rings is 1. The van der Waals surface area contributed by atoms with Crippen LogP contribution in [0, 0.1) is 12.8 Å². The molecule has 0 aliphatic carbocycles. The average Bonchev–Trinajstić information content (AvgIpc) is 2.37. The second-order valence-electron chi connectivity index (χ2n) is 5.58. The van der Waals surface area contributed by atoms with Crippen molar-refractivity contribution >= 4 is 17.3 Å². The van der Waals surface area contributed by atoms with Crippen molar-refractivity contribution in [2.24, 2.45) is 5.92 Å². The number of nitrogens with one attached hydrogen (secondary N) is 1. The van der Waals surface area contributed by atoms with Crippen molar-refractivity contribution in [2.45, 2.75) is 26.7 Å². The first kappa shape index (κ1) is 13.9. The lowest BCUT2D eigenvalue weighted by Crippen LogP contribution is -2.38. The topological polar surface area (TPSA) is 58.4 Å². The first-order valence-electron chi connectivity index (χ1n) is 6.93. The van der Waals surface area contributed by atoms with Crippen molar-refractivity contribution in [1.29, 1.82) is 0 Å². The van der Waals surface area contributed by atoms with E-state index in [0.717, 1.165) is 30.3 Å². The molecule has 1 aliphatic rings. The van der Waals surface area contributed by atoms with Gasteiger partial charge in [0.2, 0.25) is 5.91 Å². The number of nitrogens with zero attached hydrogens (tertiary/aromatic N) is 1. The molecule has 4 heteroatoms. The number of rotatable bonds is 3. The molecule has 1 heterocycles. The molecule has 4 nitrogen and oxygen atoms in total.